The van der Waals surface area contributed by atoms with E-state index in [0.29, 0.717) is 13.0 Å². The van der Waals surface area contributed by atoms with E-state index in [4.69, 9.17) is 5.73 Å². The molecule has 0 aromatic heterocycles. The van der Waals surface area contributed by atoms with Crippen LogP contribution >= 0.6 is 0 Å². The molecule has 1 heterocycles. The first-order valence-electron chi connectivity index (χ1n) is 6.56. The van der Waals surface area contributed by atoms with E-state index in [0.717, 1.165) is 31.0 Å². The Hall–Kier alpha value is -1.05. The van der Waals surface area contributed by atoms with Crippen LogP contribution in [0.5, 0.6) is 0 Å². The molecule has 0 unspecified atom stereocenters. The quantitative estimate of drug-likeness (QED) is 0.927. The summed E-state index contributed by atoms with van der Waals surface area (Å²) in [5, 5.41) is 0. The zero-order valence-electron chi connectivity index (χ0n) is 11.2. The molecule has 0 saturated carbocycles. The summed E-state index contributed by atoms with van der Waals surface area (Å²) in [5.74, 6) is -2.23. The van der Waals surface area contributed by atoms with Crippen molar-refractivity contribution in [1.82, 2.24) is 4.31 Å². The molecule has 0 spiro atoms. The maximum Gasteiger partial charge on any atom is 0.243 e. The monoisotopic (exact) mass is 304 g/mol. The molecule has 2 atom stereocenters. The number of sulfonamides is 1. The Labute approximate surface area is 117 Å². The van der Waals surface area contributed by atoms with Crippen LogP contribution in [0, 0.1) is 11.6 Å². The second kappa shape index (κ2) is 5.75. The van der Waals surface area contributed by atoms with E-state index in [-0.39, 0.29) is 17.0 Å². The molecule has 2 rings (SSSR count). The molecule has 20 heavy (non-hydrogen) atoms. The topological polar surface area (TPSA) is 63.4 Å². The molecule has 1 saturated heterocycles. The van der Waals surface area contributed by atoms with E-state index in [2.05, 4.69) is 0 Å². The molecule has 1 aliphatic rings. The summed E-state index contributed by atoms with van der Waals surface area (Å²) in [7, 11) is -3.85. The lowest BCUT2D eigenvalue weighted by Crippen LogP contribution is -2.51. The van der Waals surface area contributed by atoms with Gasteiger partial charge in [0.2, 0.25) is 10.0 Å². The maximum absolute atomic E-state index is 13.2. The maximum atomic E-state index is 13.2. The Bertz CT molecular complexity index is 590. The van der Waals surface area contributed by atoms with Crippen LogP contribution in [0.4, 0.5) is 8.78 Å². The lowest BCUT2D eigenvalue weighted by Gasteiger charge is -2.36. The highest BCUT2D eigenvalue weighted by molar-refractivity contribution is 7.89. The van der Waals surface area contributed by atoms with Crippen molar-refractivity contribution in [3.05, 3.63) is 29.8 Å². The Morgan fingerprint density at radius 1 is 1.30 bits per heavy atom. The van der Waals surface area contributed by atoms with Gasteiger partial charge in [0, 0.05) is 18.6 Å². The Morgan fingerprint density at radius 3 is 2.60 bits per heavy atom. The molecule has 1 aromatic rings. The number of piperidine rings is 1. The fourth-order valence-corrected chi connectivity index (χ4v) is 4.31. The number of halogens is 2. The molecule has 1 aromatic carbocycles. The largest absolute Gasteiger partial charge is 0.326 e. The summed E-state index contributed by atoms with van der Waals surface area (Å²) in [6, 6.07) is 2.02. The van der Waals surface area contributed by atoms with E-state index in [1.54, 1.807) is 6.92 Å². The molecule has 0 aliphatic carbocycles. The molecule has 7 heteroatoms. The molecule has 112 valence electrons. The summed E-state index contributed by atoms with van der Waals surface area (Å²) >= 11 is 0. The van der Waals surface area contributed by atoms with Crippen molar-refractivity contribution in [2.75, 3.05) is 6.54 Å². The predicted molar refractivity (Wildman–Crippen MR) is 71.5 cm³/mol. The summed E-state index contributed by atoms with van der Waals surface area (Å²) in [4.78, 5) is -0.232. The molecule has 0 radical (unpaired) electrons. The zero-order valence-corrected chi connectivity index (χ0v) is 12.0. The Morgan fingerprint density at radius 2 is 2.00 bits per heavy atom. The van der Waals surface area contributed by atoms with Crippen LogP contribution in [0.1, 0.15) is 26.2 Å². The van der Waals surface area contributed by atoms with Gasteiger partial charge < -0.3 is 5.73 Å². The van der Waals surface area contributed by atoms with Gasteiger partial charge in [-0.15, -0.1) is 0 Å². The summed E-state index contributed by atoms with van der Waals surface area (Å²) in [6.45, 7) is 2.11. The molecule has 2 N–H and O–H groups in total. The van der Waals surface area contributed by atoms with Gasteiger partial charge in [0.05, 0.1) is 4.90 Å². The van der Waals surface area contributed by atoms with Crippen LogP contribution in [-0.2, 0) is 10.0 Å². The molecule has 1 fully saturated rings. The minimum absolute atomic E-state index is 0.232. The highest BCUT2D eigenvalue weighted by atomic mass is 32.2. The standard InChI is InChI=1S/C13H18F2N2O2S/c1-9(16)13-4-2-3-7-17(13)20(18,19)10-5-6-11(14)12(15)8-10/h5-6,8-9,13H,2-4,7,16H2,1H3/t9-,13-/m1/s1. The van der Waals surface area contributed by atoms with Crippen LogP contribution in [0.15, 0.2) is 23.1 Å². The van der Waals surface area contributed by atoms with Crippen molar-refractivity contribution in [3.63, 3.8) is 0 Å². The van der Waals surface area contributed by atoms with Gasteiger partial charge in [-0.2, -0.15) is 4.31 Å². The van der Waals surface area contributed by atoms with Gasteiger partial charge in [-0.1, -0.05) is 6.42 Å². The van der Waals surface area contributed by atoms with Gasteiger partial charge in [-0.25, -0.2) is 17.2 Å². The Kier molecular flexibility index (Phi) is 4.41. The highest BCUT2D eigenvalue weighted by Gasteiger charge is 2.35. The third-order valence-electron chi connectivity index (χ3n) is 3.60. The molecule has 0 bridgehead atoms. The lowest BCUT2D eigenvalue weighted by atomic mass is 10.00. The molecular weight excluding hydrogens is 286 g/mol. The van der Waals surface area contributed by atoms with Crippen molar-refractivity contribution >= 4 is 10.0 Å². The van der Waals surface area contributed by atoms with Crippen molar-refractivity contribution < 1.29 is 17.2 Å². The van der Waals surface area contributed by atoms with Gasteiger partial charge in [0.15, 0.2) is 11.6 Å². The number of rotatable bonds is 3. The lowest BCUT2D eigenvalue weighted by molar-refractivity contribution is 0.227. The van der Waals surface area contributed by atoms with Crippen molar-refractivity contribution in [2.24, 2.45) is 5.73 Å². The number of nitrogens with zero attached hydrogens (tertiary/aromatic N) is 1. The van der Waals surface area contributed by atoms with Gasteiger partial charge in [-0.05, 0) is 38.0 Å². The third-order valence-corrected chi connectivity index (χ3v) is 5.52. The summed E-state index contributed by atoms with van der Waals surface area (Å²) < 4.78 is 52.6. The van der Waals surface area contributed by atoms with E-state index >= 15 is 0 Å². The smallest absolute Gasteiger partial charge is 0.243 e. The first-order chi connectivity index (χ1) is 9.34. The van der Waals surface area contributed by atoms with Crippen molar-refractivity contribution in [3.8, 4) is 0 Å². The average Bonchev–Trinajstić information content (AvgIpc) is 2.41. The van der Waals surface area contributed by atoms with E-state index in [9.17, 15) is 17.2 Å². The molecule has 0 amide bonds. The van der Waals surface area contributed by atoms with Gasteiger partial charge >= 0.3 is 0 Å². The SMILES string of the molecule is C[C@@H](N)[C@H]1CCCCN1S(=O)(=O)c1ccc(F)c(F)c1. The van der Waals surface area contributed by atoms with Gasteiger partial charge in [-0.3, -0.25) is 0 Å². The van der Waals surface area contributed by atoms with Gasteiger partial charge in [0.25, 0.3) is 0 Å². The summed E-state index contributed by atoms with van der Waals surface area (Å²) in [5.41, 5.74) is 5.85. The fourth-order valence-electron chi connectivity index (χ4n) is 2.53. The fraction of sp³-hybridized carbons (Fsp3) is 0.538. The average molecular weight is 304 g/mol. The van der Waals surface area contributed by atoms with Crippen LogP contribution < -0.4 is 5.73 Å². The normalized spacial score (nSPS) is 22.7. The number of nitrogens with two attached hydrogens (primary N) is 1. The second-order valence-electron chi connectivity index (χ2n) is 5.11. The number of hydrogen-bond donors (Lipinski definition) is 1. The first kappa shape index (κ1) is 15.3. The van der Waals surface area contributed by atoms with Crippen LogP contribution in [-0.4, -0.2) is 31.4 Å². The third kappa shape index (κ3) is 2.84. The summed E-state index contributed by atoms with van der Waals surface area (Å²) in [6.07, 6.45) is 2.34. The van der Waals surface area contributed by atoms with Crippen molar-refractivity contribution in [1.29, 1.82) is 0 Å². The Balaban J connectivity index is 2.39. The van der Waals surface area contributed by atoms with Crippen molar-refractivity contribution in [2.45, 2.75) is 43.2 Å². The predicted octanol–water partition coefficient (Wildman–Crippen LogP) is 1.86. The molecular formula is C13H18F2N2O2S. The zero-order chi connectivity index (χ0) is 14.9. The van der Waals surface area contributed by atoms with Gasteiger partial charge in [0.1, 0.15) is 0 Å². The minimum Gasteiger partial charge on any atom is -0.326 e. The van der Waals surface area contributed by atoms with E-state index in [1.165, 1.54) is 4.31 Å². The van der Waals surface area contributed by atoms with E-state index in [1.807, 2.05) is 0 Å². The molecule has 1 aliphatic heterocycles. The van der Waals surface area contributed by atoms with Crippen LogP contribution in [0.3, 0.4) is 0 Å². The van der Waals surface area contributed by atoms with Crippen LogP contribution in [0.2, 0.25) is 0 Å². The molecule has 4 nitrogen and oxygen atoms in total. The van der Waals surface area contributed by atoms with E-state index < -0.39 is 21.7 Å². The minimum atomic E-state index is -3.85. The highest BCUT2D eigenvalue weighted by Crippen LogP contribution is 2.27. The number of hydrogen-bond acceptors (Lipinski definition) is 3. The second-order valence-corrected chi connectivity index (χ2v) is 7.00. The number of benzene rings is 1. The van der Waals surface area contributed by atoms with Crippen LogP contribution in [0.25, 0.3) is 0 Å². The first-order valence-corrected chi connectivity index (χ1v) is 8.00.